The van der Waals surface area contributed by atoms with Gasteiger partial charge in [0.25, 0.3) is 0 Å². The lowest BCUT2D eigenvalue weighted by Gasteiger charge is -2.21. The van der Waals surface area contributed by atoms with Crippen molar-refractivity contribution in [3.63, 3.8) is 0 Å². The number of esters is 3. The molecule has 0 aliphatic carbocycles. The molecule has 0 aliphatic heterocycles. The minimum atomic E-state index is -4.93. The third-order valence-corrected chi connectivity index (χ3v) is 15.8. The Morgan fingerprint density at radius 1 is 0.326 bits per heavy atom. The molecule has 0 aromatic carbocycles. The van der Waals surface area contributed by atoms with Crippen LogP contribution in [-0.2, 0) is 55.8 Å². The van der Waals surface area contributed by atoms with E-state index in [0.29, 0.717) is 19.3 Å². The minimum absolute atomic E-state index is 0.0840. The predicted molar refractivity (Wildman–Crippen MR) is 362 cm³/mol. The summed E-state index contributed by atoms with van der Waals surface area (Å²) in [6, 6.07) is 0. The number of carbonyl (C=O) groups excluding carboxylic acids is 3. The number of hydrogen-bond donors (Lipinski definition) is 4. The van der Waals surface area contributed by atoms with E-state index in [-0.39, 0.29) is 19.3 Å². The molecule has 4 N–H and O–H groups in total. The largest absolute Gasteiger partial charge is 0.472 e. The first kappa shape index (κ1) is 85.2. The fraction of sp³-hybridized carbons (Fsp3) is 0.704. The molecule has 89 heavy (non-hydrogen) atoms. The molecule has 5 atom stereocenters. The van der Waals surface area contributed by atoms with Crippen LogP contribution >= 0.6 is 15.6 Å². The maximum Gasteiger partial charge on any atom is 0.472 e. The van der Waals surface area contributed by atoms with Gasteiger partial charge in [-0.3, -0.25) is 32.5 Å². The van der Waals surface area contributed by atoms with Crippen molar-refractivity contribution in [3.8, 4) is 0 Å². The number of allylic oxidation sites excluding steroid dienone is 18. The molecular weight excluding hydrogens is 1170 g/mol. The summed E-state index contributed by atoms with van der Waals surface area (Å²) in [7, 11) is -9.78. The van der Waals surface area contributed by atoms with E-state index >= 15 is 0 Å². The van der Waals surface area contributed by atoms with Gasteiger partial charge in [-0.25, -0.2) is 9.13 Å². The number of hydrogen-bond acceptors (Lipinski definition) is 14. The topological polar surface area (TPSA) is 231 Å². The zero-order valence-electron chi connectivity index (χ0n) is 55.3. The second kappa shape index (κ2) is 64.3. The lowest BCUT2D eigenvalue weighted by atomic mass is 10.1. The monoisotopic (exact) mass is 1290 g/mol. The second-order valence-electron chi connectivity index (χ2n) is 22.6. The van der Waals surface area contributed by atoms with Gasteiger partial charge in [-0.15, -0.1) is 0 Å². The number of aliphatic hydroxyl groups excluding tert-OH is 2. The number of phosphoric ester groups is 2. The molecule has 0 heterocycles. The molecule has 0 rings (SSSR count). The molecule has 0 aromatic heterocycles. The molecule has 0 aromatic rings. The summed E-state index contributed by atoms with van der Waals surface area (Å²) in [5.41, 5.74) is 0. The minimum Gasteiger partial charge on any atom is -0.463 e. The third kappa shape index (κ3) is 65.5. The maximum atomic E-state index is 12.9. The zero-order valence-corrected chi connectivity index (χ0v) is 57.1. The van der Waals surface area contributed by atoms with Gasteiger partial charge in [0.1, 0.15) is 25.4 Å². The smallest absolute Gasteiger partial charge is 0.463 e. The van der Waals surface area contributed by atoms with Crippen molar-refractivity contribution in [1.82, 2.24) is 0 Å². The van der Waals surface area contributed by atoms with Crippen LogP contribution in [0.3, 0.4) is 0 Å². The number of ether oxygens (including phenoxy) is 3. The molecule has 512 valence electrons. The van der Waals surface area contributed by atoms with Crippen LogP contribution in [0.15, 0.2) is 109 Å². The van der Waals surface area contributed by atoms with Gasteiger partial charge in [-0.1, -0.05) is 233 Å². The van der Waals surface area contributed by atoms with Crippen molar-refractivity contribution in [3.05, 3.63) is 109 Å². The van der Waals surface area contributed by atoms with Gasteiger partial charge >= 0.3 is 33.6 Å². The number of rotatable bonds is 64. The SMILES string of the molecule is CC/C=C\C/C=C\C/C=C\CCCCCCCCCC(=O)OCC(COP(=O)(O)OCC(O)COP(=O)(O)OCC(O)COC(=O)CCCCCCCCC/C=C\C/C=C\C/C=C\C/C=C\CCCCC)OC(=O)CCCCCCC/C=C\C/C=C\CCC. The quantitative estimate of drug-likeness (QED) is 0.0146. The van der Waals surface area contributed by atoms with Crippen molar-refractivity contribution in [2.45, 2.75) is 283 Å². The Morgan fingerprint density at radius 3 is 0.989 bits per heavy atom. The molecule has 0 saturated carbocycles. The van der Waals surface area contributed by atoms with Crippen LogP contribution in [0.5, 0.6) is 0 Å². The Labute approximate surface area is 539 Å². The van der Waals surface area contributed by atoms with Crippen LogP contribution in [0, 0.1) is 0 Å². The molecular formula is C71H122O16P2. The van der Waals surface area contributed by atoms with E-state index in [2.05, 4.69) is 130 Å². The first-order chi connectivity index (χ1) is 43.2. The van der Waals surface area contributed by atoms with Gasteiger partial charge in [-0.05, 0) is 122 Å². The molecule has 0 bridgehead atoms. The highest BCUT2D eigenvalue weighted by Gasteiger charge is 2.29. The van der Waals surface area contributed by atoms with Gasteiger partial charge in [-0.2, -0.15) is 0 Å². The second-order valence-corrected chi connectivity index (χ2v) is 25.5. The van der Waals surface area contributed by atoms with Crippen LogP contribution in [0.2, 0.25) is 0 Å². The molecule has 0 saturated heterocycles. The fourth-order valence-electron chi connectivity index (χ4n) is 8.72. The lowest BCUT2D eigenvalue weighted by Crippen LogP contribution is -2.30. The number of unbranched alkanes of at least 4 members (excludes halogenated alkanes) is 23. The standard InChI is InChI=1S/C71H122O16P2/c1-4-7-10-13-16-19-22-25-27-29-30-31-32-33-34-36-38-40-42-45-48-51-54-57-69(74)81-60-66(72)61-83-88(77,78)84-62-67(73)63-85-89(79,80)86-65-68(87-71(76)59-56-53-50-47-44-39-24-21-18-15-12-9-6-3)64-82-70(75)58-55-52-49-46-43-41-37-35-28-26-23-20-17-14-11-8-5-2/h8,11-12,15-17,19-21,24-28,30-31,33-34,66-68,72-73H,4-7,9-10,13-14,18,22-23,29,32,35-65H2,1-3H3,(H,77,78)(H,79,80)/b11-8-,15-12-,19-16-,20-17-,24-21-,27-25-,28-26-,31-30-,34-33-. The lowest BCUT2D eigenvalue weighted by molar-refractivity contribution is -0.161. The van der Waals surface area contributed by atoms with Crippen molar-refractivity contribution in [2.24, 2.45) is 0 Å². The first-order valence-corrected chi connectivity index (χ1v) is 37.2. The molecule has 0 fully saturated rings. The molecule has 18 heteroatoms. The summed E-state index contributed by atoms with van der Waals surface area (Å²) in [5.74, 6) is -1.61. The van der Waals surface area contributed by atoms with Crippen LogP contribution in [0.4, 0.5) is 0 Å². The Kier molecular flexibility index (Phi) is 61.6. The normalized spacial score (nSPS) is 14.9. The molecule has 0 amide bonds. The van der Waals surface area contributed by atoms with Crippen molar-refractivity contribution < 1.29 is 75.8 Å². The Bertz CT molecular complexity index is 2060. The number of phosphoric acid groups is 2. The van der Waals surface area contributed by atoms with E-state index in [1.54, 1.807) is 0 Å². The Morgan fingerprint density at radius 2 is 0.618 bits per heavy atom. The van der Waals surface area contributed by atoms with E-state index < -0.39 is 91.5 Å². The molecule has 0 spiro atoms. The Hall–Kier alpha value is -3.79. The van der Waals surface area contributed by atoms with Crippen LogP contribution < -0.4 is 0 Å². The summed E-state index contributed by atoms with van der Waals surface area (Å²) >= 11 is 0. The van der Waals surface area contributed by atoms with Gasteiger partial charge in [0, 0.05) is 19.3 Å². The maximum absolute atomic E-state index is 12.9. The Balaban J connectivity index is 4.61. The summed E-state index contributed by atoms with van der Waals surface area (Å²) < 4.78 is 60.8. The highest BCUT2D eigenvalue weighted by Crippen LogP contribution is 2.45. The highest BCUT2D eigenvalue weighted by molar-refractivity contribution is 7.47. The molecule has 0 aliphatic rings. The average molecular weight is 1290 g/mol. The van der Waals surface area contributed by atoms with Gasteiger partial charge in [0.15, 0.2) is 6.10 Å². The zero-order chi connectivity index (χ0) is 65.3. The molecule has 5 unspecified atom stereocenters. The van der Waals surface area contributed by atoms with E-state index in [4.69, 9.17) is 32.3 Å². The molecule has 16 nitrogen and oxygen atoms in total. The van der Waals surface area contributed by atoms with Crippen LogP contribution in [0.1, 0.15) is 265 Å². The highest BCUT2D eigenvalue weighted by atomic mass is 31.2. The molecule has 0 radical (unpaired) electrons. The van der Waals surface area contributed by atoms with Gasteiger partial charge < -0.3 is 34.2 Å². The number of aliphatic hydroxyl groups is 2. The van der Waals surface area contributed by atoms with Gasteiger partial charge in [0.2, 0.25) is 0 Å². The van der Waals surface area contributed by atoms with Crippen molar-refractivity contribution in [1.29, 1.82) is 0 Å². The van der Waals surface area contributed by atoms with E-state index in [9.17, 15) is 43.5 Å². The van der Waals surface area contributed by atoms with E-state index in [1.165, 1.54) is 25.7 Å². The van der Waals surface area contributed by atoms with Crippen LogP contribution in [-0.4, -0.2) is 95.9 Å². The number of carbonyl (C=O) groups is 3. The van der Waals surface area contributed by atoms with Crippen molar-refractivity contribution in [2.75, 3.05) is 39.6 Å². The van der Waals surface area contributed by atoms with Crippen LogP contribution in [0.25, 0.3) is 0 Å². The third-order valence-electron chi connectivity index (χ3n) is 13.9. The summed E-state index contributed by atoms with van der Waals surface area (Å²) in [6.07, 6.45) is 71.4. The predicted octanol–water partition coefficient (Wildman–Crippen LogP) is 18.9. The van der Waals surface area contributed by atoms with Crippen molar-refractivity contribution >= 4 is 33.6 Å². The first-order valence-electron chi connectivity index (χ1n) is 34.2. The van der Waals surface area contributed by atoms with E-state index in [0.717, 1.165) is 180 Å². The fourth-order valence-corrected chi connectivity index (χ4v) is 10.3. The van der Waals surface area contributed by atoms with E-state index in [1.807, 2.05) is 0 Å². The summed E-state index contributed by atoms with van der Waals surface area (Å²) in [6.45, 7) is 2.42. The summed E-state index contributed by atoms with van der Waals surface area (Å²) in [5, 5.41) is 20.5. The average Bonchev–Trinajstić information content (AvgIpc) is 3.66. The summed E-state index contributed by atoms with van der Waals surface area (Å²) in [4.78, 5) is 58.3. The van der Waals surface area contributed by atoms with Gasteiger partial charge in [0.05, 0.1) is 26.4 Å².